The number of hydrogen-bond acceptors (Lipinski definition) is 3. The van der Waals surface area contributed by atoms with E-state index in [0.717, 1.165) is 0 Å². The molecule has 1 heterocycles. The third-order valence-electron chi connectivity index (χ3n) is 3.05. The Morgan fingerprint density at radius 2 is 1.73 bits per heavy atom. The Morgan fingerprint density at radius 1 is 1.00 bits per heavy atom. The van der Waals surface area contributed by atoms with Crippen molar-refractivity contribution in [1.82, 2.24) is 9.97 Å². The van der Waals surface area contributed by atoms with Crippen molar-refractivity contribution in [2.24, 2.45) is 0 Å². The molecule has 1 aromatic heterocycles. The highest BCUT2D eigenvalue weighted by Crippen LogP contribution is 2.22. The Balaban J connectivity index is 2.15. The van der Waals surface area contributed by atoms with Gasteiger partial charge in [0.05, 0.1) is 22.8 Å². The van der Waals surface area contributed by atoms with Crippen LogP contribution in [0.4, 0.5) is 13.2 Å². The lowest BCUT2D eigenvalue weighted by Gasteiger charge is -2.06. The average Bonchev–Trinajstić information content (AvgIpc) is 2.50. The van der Waals surface area contributed by atoms with E-state index in [2.05, 4.69) is 9.97 Å². The van der Waals surface area contributed by atoms with Crippen molar-refractivity contribution in [3.05, 3.63) is 70.3 Å². The van der Waals surface area contributed by atoms with Gasteiger partial charge in [-0.1, -0.05) is 11.6 Å². The van der Waals surface area contributed by atoms with Gasteiger partial charge in [-0.05, 0) is 30.3 Å². The molecule has 3 rings (SSSR count). The largest absolute Gasteiger partial charge is 0.288 e. The molecule has 0 fully saturated rings. The van der Waals surface area contributed by atoms with E-state index in [1.54, 1.807) is 0 Å². The maximum atomic E-state index is 13.7. The molecule has 3 nitrogen and oxygen atoms in total. The Morgan fingerprint density at radius 3 is 2.50 bits per heavy atom. The van der Waals surface area contributed by atoms with E-state index in [4.69, 9.17) is 11.6 Å². The normalized spacial score (nSPS) is 10.9. The second kappa shape index (κ2) is 5.38. The molecule has 110 valence electrons. The summed E-state index contributed by atoms with van der Waals surface area (Å²) >= 11 is 5.71. The summed E-state index contributed by atoms with van der Waals surface area (Å²) < 4.78 is 40.6. The molecule has 0 spiro atoms. The van der Waals surface area contributed by atoms with Gasteiger partial charge in [-0.15, -0.1) is 0 Å². The third kappa shape index (κ3) is 2.42. The SMILES string of the molecule is O=C(c1ccc2ncc(Cl)nc2c1)c1c(F)ccc(F)c1F. The minimum atomic E-state index is -1.53. The zero-order valence-corrected chi connectivity index (χ0v) is 11.5. The van der Waals surface area contributed by atoms with Crippen LogP contribution in [0.5, 0.6) is 0 Å². The van der Waals surface area contributed by atoms with Gasteiger partial charge in [0, 0.05) is 5.56 Å². The highest BCUT2D eigenvalue weighted by molar-refractivity contribution is 6.29. The van der Waals surface area contributed by atoms with E-state index in [0.29, 0.717) is 17.6 Å². The lowest BCUT2D eigenvalue weighted by molar-refractivity contribution is 0.103. The van der Waals surface area contributed by atoms with Gasteiger partial charge in [0.1, 0.15) is 11.0 Å². The van der Waals surface area contributed by atoms with Crippen LogP contribution in [-0.2, 0) is 0 Å². The number of ketones is 1. The number of nitrogens with zero attached hydrogens (tertiary/aromatic N) is 2. The maximum absolute atomic E-state index is 13.7. The van der Waals surface area contributed by atoms with Gasteiger partial charge in [-0.3, -0.25) is 9.78 Å². The van der Waals surface area contributed by atoms with Crippen LogP contribution < -0.4 is 0 Å². The van der Waals surface area contributed by atoms with Crippen LogP contribution in [0, 0.1) is 17.5 Å². The molecule has 0 saturated carbocycles. The number of fused-ring (bicyclic) bond motifs is 1. The van der Waals surface area contributed by atoms with Gasteiger partial charge < -0.3 is 0 Å². The van der Waals surface area contributed by atoms with Crippen LogP contribution in [0.2, 0.25) is 5.15 Å². The van der Waals surface area contributed by atoms with Crippen LogP contribution in [0.1, 0.15) is 15.9 Å². The zero-order chi connectivity index (χ0) is 15.9. The second-order valence-corrected chi connectivity index (χ2v) is 4.83. The quantitative estimate of drug-likeness (QED) is 0.530. The van der Waals surface area contributed by atoms with Gasteiger partial charge in [0.25, 0.3) is 0 Å². The molecule has 0 aliphatic rings. The minimum Gasteiger partial charge on any atom is -0.288 e. The van der Waals surface area contributed by atoms with Crippen molar-refractivity contribution in [1.29, 1.82) is 0 Å². The number of halogens is 4. The molecule has 0 aliphatic heterocycles. The first-order chi connectivity index (χ1) is 10.5. The van der Waals surface area contributed by atoms with Gasteiger partial charge >= 0.3 is 0 Å². The van der Waals surface area contributed by atoms with Gasteiger partial charge in [-0.25, -0.2) is 18.2 Å². The number of benzene rings is 2. The van der Waals surface area contributed by atoms with Crippen LogP contribution in [0.3, 0.4) is 0 Å². The predicted octanol–water partition coefficient (Wildman–Crippen LogP) is 3.93. The molecule has 0 N–H and O–H groups in total. The van der Waals surface area contributed by atoms with Crippen LogP contribution in [0.15, 0.2) is 36.5 Å². The Labute approximate surface area is 127 Å². The number of carbonyl (C=O) groups is 1. The maximum Gasteiger partial charge on any atom is 0.199 e. The van der Waals surface area contributed by atoms with Crippen molar-refractivity contribution in [3.8, 4) is 0 Å². The first-order valence-electron chi connectivity index (χ1n) is 6.08. The standard InChI is InChI=1S/C15H6ClF3N2O/c16-12-6-20-10-4-1-7(5-11(10)21-12)15(22)13-8(17)2-3-9(18)14(13)19/h1-6H. The Hall–Kier alpha value is -2.47. The summed E-state index contributed by atoms with van der Waals surface area (Å²) in [4.78, 5) is 20.2. The molecule has 0 saturated heterocycles. The van der Waals surface area contributed by atoms with E-state index in [9.17, 15) is 18.0 Å². The summed E-state index contributed by atoms with van der Waals surface area (Å²) in [5.41, 5.74) is -0.251. The molecule has 22 heavy (non-hydrogen) atoms. The van der Waals surface area contributed by atoms with Crippen molar-refractivity contribution >= 4 is 28.4 Å². The molecule has 7 heteroatoms. The zero-order valence-electron chi connectivity index (χ0n) is 10.8. The minimum absolute atomic E-state index is 0.0486. The molecule has 0 unspecified atom stereocenters. The van der Waals surface area contributed by atoms with Crippen LogP contribution >= 0.6 is 11.6 Å². The highest BCUT2D eigenvalue weighted by atomic mass is 35.5. The lowest BCUT2D eigenvalue weighted by atomic mass is 10.0. The summed E-state index contributed by atoms with van der Waals surface area (Å²) in [7, 11) is 0. The van der Waals surface area contributed by atoms with Gasteiger partial charge in [-0.2, -0.15) is 0 Å². The fourth-order valence-corrected chi connectivity index (χ4v) is 2.15. The number of carbonyl (C=O) groups excluding carboxylic acids is 1. The molecular weight excluding hydrogens is 317 g/mol. The monoisotopic (exact) mass is 322 g/mol. The summed E-state index contributed by atoms with van der Waals surface area (Å²) in [5.74, 6) is -4.95. The highest BCUT2D eigenvalue weighted by Gasteiger charge is 2.22. The van der Waals surface area contributed by atoms with E-state index in [-0.39, 0.29) is 16.2 Å². The molecule has 2 aromatic carbocycles. The van der Waals surface area contributed by atoms with Crippen molar-refractivity contribution < 1.29 is 18.0 Å². The van der Waals surface area contributed by atoms with E-state index >= 15 is 0 Å². The molecule has 3 aromatic rings. The van der Waals surface area contributed by atoms with Crippen molar-refractivity contribution in [2.75, 3.05) is 0 Å². The summed E-state index contributed by atoms with van der Waals surface area (Å²) in [6, 6.07) is 5.40. The predicted molar refractivity (Wildman–Crippen MR) is 74.3 cm³/mol. The molecule has 0 amide bonds. The van der Waals surface area contributed by atoms with E-state index in [1.807, 2.05) is 0 Å². The molecular formula is C15H6ClF3N2O. The molecule has 0 bridgehead atoms. The molecule has 0 atom stereocenters. The van der Waals surface area contributed by atoms with Crippen molar-refractivity contribution in [3.63, 3.8) is 0 Å². The first-order valence-corrected chi connectivity index (χ1v) is 6.45. The molecule has 0 radical (unpaired) electrons. The second-order valence-electron chi connectivity index (χ2n) is 4.44. The third-order valence-corrected chi connectivity index (χ3v) is 3.23. The van der Waals surface area contributed by atoms with Gasteiger partial charge in [0.15, 0.2) is 17.4 Å². The number of hydrogen-bond donors (Lipinski definition) is 0. The van der Waals surface area contributed by atoms with Gasteiger partial charge in [0.2, 0.25) is 0 Å². The summed E-state index contributed by atoms with van der Waals surface area (Å²) in [5, 5.41) is 0.111. The Kier molecular flexibility index (Phi) is 3.54. The lowest BCUT2D eigenvalue weighted by Crippen LogP contribution is -2.09. The molecule has 0 aliphatic carbocycles. The van der Waals surface area contributed by atoms with Crippen LogP contribution in [0.25, 0.3) is 11.0 Å². The average molecular weight is 323 g/mol. The number of aromatic nitrogens is 2. The van der Waals surface area contributed by atoms with E-state index < -0.39 is 28.8 Å². The first kappa shape index (κ1) is 14.5. The summed E-state index contributed by atoms with van der Waals surface area (Å²) in [6.07, 6.45) is 1.33. The van der Waals surface area contributed by atoms with E-state index in [1.165, 1.54) is 24.4 Å². The van der Waals surface area contributed by atoms with Crippen molar-refractivity contribution in [2.45, 2.75) is 0 Å². The summed E-state index contributed by atoms with van der Waals surface area (Å²) in [6.45, 7) is 0. The number of rotatable bonds is 2. The fourth-order valence-electron chi connectivity index (χ4n) is 2.01. The Bertz CT molecular complexity index is 915. The topological polar surface area (TPSA) is 42.9 Å². The smallest absolute Gasteiger partial charge is 0.199 e. The fraction of sp³-hybridized carbons (Fsp3) is 0. The van der Waals surface area contributed by atoms with Crippen LogP contribution in [-0.4, -0.2) is 15.8 Å².